The van der Waals surface area contributed by atoms with E-state index >= 15 is 0 Å². The van der Waals surface area contributed by atoms with E-state index in [1.807, 2.05) is 61.5 Å². The molecule has 1 saturated carbocycles. The van der Waals surface area contributed by atoms with Crippen molar-refractivity contribution >= 4 is 5.91 Å². The summed E-state index contributed by atoms with van der Waals surface area (Å²) in [5.41, 5.74) is 4.58. The largest absolute Gasteiger partial charge is 0.416 e. The number of hydrogen-bond acceptors (Lipinski definition) is 4. The van der Waals surface area contributed by atoms with Gasteiger partial charge in [0.2, 0.25) is 11.8 Å². The summed E-state index contributed by atoms with van der Waals surface area (Å²) in [5, 5.41) is 11.5. The van der Waals surface area contributed by atoms with E-state index < -0.39 is 0 Å². The van der Waals surface area contributed by atoms with Crippen molar-refractivity contribution in [2.24, 2.45) is 5.92 Å². The number of hydrogen-bond donors (Lipinski definition) is 1. The Bertz CT molecular complexity index is 1190. The Morgan fingerprint density at radius 1 is 0.903 bits per heavy atom. The van der Waals surface area contributed by atoms with Crippen molar-refractivity contribution in [2.45, 2.75) is 25.8 Å². The van der Waals surface area contributed by atoms with Crippen LogP contribution < -0.4 is 5.32 Å². The molecule has 5 rings (SSSR count). The Morgan fingerprint density at radius 3 is 2.29 bits per heavy atom. The fourth-order valence-electron chi connectivity index (χ4n) is 3.79. The second-order valence-corrected chi connectivity index (χ2v) is 8.06. The Labute approximate surface area is 181 Å². The van der Waals surface area contributed by atoms with Gasteiger partial charge < -0.3 is 9.73 Å². The average Bonchev–Trinajstić information content (AvgIpc) is 3.53. The molecule has 31 heavy (non-hydrogen) atoms. The lowest BCUT2D eigenvalue weighted by Gasteiger charge is -2.19. The van der Waals surface area contributed by atoms with Crippen LogP contribution in [0.3, 0.4) is 0 Å². The van der Waals surface area contributed by atoms with E-state index in [0.29, 0.717) is 23.3 Å². The number of aromatic nitrogens is 2. The van der Waals surface area contributed by atoms with E-state index in [-0.39, 0.29) is 11.9 Å². The fourth-order valence-corrected chi connectivity index (χ4v) is 3.79. The summed E-state index contributed by atoms with van der Waals surface area (Å²) in [6.45, 7) is 2.02. The quantitative estimate of drug-likeness (QED) is 0.450. The zero-order valence-electron chi connectivity index (χ0n) is 17.3. The van der Waals surface area contributed by atoms with Gasteiger partial charge in [-0.1, -0.05) is 48.0 Å². The normalized spacial score (nSPS) is 14.2. The highest BCUT2D eigenvalue weighted by Crippen LogP contribution is 2.41. The maximum Gasteiger partial charge on any atom is 0.251 e. The summed E-state index contributed by atoms with van der Waals surface area (Å²) in [4.78, 5) is 12.9. The maximum absolute atomic E-state index is 12.9. The van der Waals surface area contributed by atoms with Crippen LogP contribution in [0.1, 0.15) is 40.4 Å². The third-order valence-electron chi connectivity index (χ3n) is 5.62. The molecule has 0 unspecified atom stereocenters. The molecule has 154 valence electrons. The molecule has 0 radical (unpaired) electrons. The Balaban J connectivity index is 1.31. The van der Waals surface area contributed by atoms with Crippen molar-refractivity contribution in [1.82, 2.24) is 15.5 Å². The number of nitrogens with one attached hydrogen (secondary N) is 1. The van der Waals surface area contributed by atoms with Crippen molar-refractivity contribution in [3.8, 4) is 22.9 Å². The van der Waals surface area contributed by atoms with Crippen molar-refractivity contribution in [1.29, 1.82) is 0 Å². The first-order chi connectivity index (χ1) is 15.2. The van der Waals surface area contributed by atoms with Crippen LogP contribution in [-0.4, -0.2) is 16.1 Å². The van der Waals surface area contributed by atoms with Crippen LogP contribution in [0.15, 0.2) is 83.3 Å². The lowest BCUT2D eigenvalue weighted by atomic mass is 10.0. The molecule has 4 aromatic rings. The molecule has 1 aliphatic rings. The summed E-state index contributed by atoms with van der Waals surface area (Å²) in [5.74, 6) is 1.36. The molecular weight excluding hydrogens is 386 g/mol. The second kappa shape index (κ2) is 8.19. The van der Waals surface area contributed by atoms with Gasteiger partial charge in [-0.15, -0.1) is 10.2 Å². The first-order valence-corrected chi connectivity index (χ1v) is 10.5. The third kappa shape index (κ3) is 4.26. The molecule has 0 saturated heterocycles. The van der Waals surface area contributed by atoms with E-state index in [1.165, 1.54) is 0 Å². The summed E-state index contributed by atoms with van der Waals surface area (Å²) < 4.78 is 5.85. The molecule has 5 heteroatoms. The Kier molecular flexibility index (Phi) is 5.08. The number of rotatable bonds is 6. The minimum absolute atomic E-state index is 0.0567. The molecule has 1 N–H and O–H groups in total. The molecular formula is C26H23N3O2. The van der Waals surface area contributed by atoms with Crippen molar-refractivity contribution in [3.05, 3.63) is 95.6 Å². The first kappa shape index (κ1) is 19.2. The van der Waals surface area contributed by atoms with E-state index in [9.17, 15) is 4.79 Å². The SMILES string of the molecule is Cc1cccc(-c2nnc(-c3ccc(C(=O)N[C@@H](c4ccccc4)C4CC4)cc3)o2)c1. The van der Waals surface area contributed by atoms with Crippen molar-refractivity contribution in [3.63, 3.8) is 0 Å². The highest BCUT2D eigenvalue weighted by Gasteiger charge is 2.33. The minimum atomic E-state index is -0.0710. The number of amides is 1. The number of carbonyl (C=O) groups excluding carboxylic acids is 1. The van der Waals surface area contributed by atoms with Crippen molar-refractivity contribution < 1.29 is 9.21 Å². The van der Waals surface area contributed by atoms with Gasteiger partial charge in [-0.3, -0.25) is 4.79 Å². The average molecular weight is 409 g/mol. The smallest absolute Gasteiger partial charge is 0.251 e. The van der Waals surface area contributed by atoms with Gasteiger partial charge in [0.15, 0.2) is 0 Å². The molecule has 1 atom stereocenters. The van der Waals surface area contributed by atoms with Gasteiger partial charge in [0, 0.05) is 16.7 Å². The van der Waals surface area contributed by atoms with E-state index in [0.717, 1.165) is 35.1 Å². The van der Waals surface area contributed by atoms with Crippen LogP contribution in [0.4, 0.5) is 0 Å². The zero-order chi connectivity index (χ0) is 21.2. The van der Waals surface area contributed by atoms with Crippen LogP contribution >= 0.6 is 0 Å². The molecule has 0 aliphatic heterocycles. The number of carbonyl (C=O) groups is 1. The molecule has 1 heterocycles. The molecule has 0 bridgehead atoms. The lowest BCUT2D eigenvalue weighted by Crippen LogP contribution is -2.29. The maximum atomic E-state index is 12.9. The highest BCUT2D eigenvalue weighted by molar-refractivity contribution is 5.94. The van der Waals surface area contributed by atoms with E-state index in [2.05, 4.69) is 27.6 Å². The molecule has 1 fully saturated rings. The summed E-state index contributed by atoms with van der Waals surface area (Å²) in [6.07, 6.45) is 2.30. The van der Waals surface area contributed by atoms with Crippen LogP contribution in [0.25, 0.3) is 22.9 Å². The highest BCUT2D eigenvalue weighted by atomic mass is 16.4. The third-order valence-corrected chi connectivity index (χ3v) is 5.62. The summed E-state index contributed by atoms with van der Waals surface area (Å²) >= 11 is 0. The topological polar surface area (TPSA) is 68.0 Å². The molecule has 5 nitrogen and oxygen atoms in total. The monoisotopic (exact) mass is 409 g/mol. The van der Waals surface area contributed by atoms with Gasteiger partial charge in [-0.25, -0.2) is 0 Å². The van der Waals surface area contributed by atoms with Crippen molar-refractivity contribution in [2.75, 3.05) is 0 Å². The van der Waals surface area contributed by atoms with Crippen LogP contribution in [0, 0.1) is 12.8 Å². The van der Waals surface area contributed by atoms with Crippen LogP contribution in [-0.2, 0) is 0 Å². The first-order valence-electron chi connectivity index (χ1n) is 10.5. The molecule has 1 aliphatic carbocycles. The second-order valence-electron chi connectivity index (χ2n) is 8.06. The van der Waals surface area contributed by atoms with Gasteiger partial charge in [0.05, 0.1) is 6.04 Å². The Morgan fingerprint density at radius 2 is 1.61 bits per heavy atom. The van der Waals surface area contributed by atoms with Gasteiger partial charge in [0.25, 0.3) is 5.91 Å². The molecule has 0 spiro atoms. The van der Waals surface area contributed by atoms with Crippen LogP contribution in [0.2, 0.25) is 0 Å². The van der Waals surface area contributed by atoms with E-state index in [1.54, 1.807) is 12.1 Å². The summed E-state index contributed by atoms with van der Waals surface area (Å²) in [6, 6.07) is 25.5. The summed E-state index contributed by atoms with van der Waals surface area (Å²) in [7, 11) is 0. The van der Waals surface area contributed by atoms with Gasteiger partial charge in [0.1, 0.15) is 0 Å². The molecule has 3 aromatic carbocycles. The number of nitrogens with zero attached hydrogens (tertiary/aromatic N) is 2. The standard InChI is InChI=1S/C26H23N3O2/c1-17-6-5-9-22(16-17)26-29-28-25(31-26)21-14-12-20(13-15-21)24(30)27-23(19-10-11-19)18-7-3-2-4-8-18/h2-9,12-16,19,23H,10-11H2,1H3,(H,27,30)/t23-/m0/s1. The fraction of sp³-hybridized carbons (Fsp3) is 0.192. The minimum Gasteiger partial charge on any atom is -0.416 e. The predicted octanol–water partition coefficient (Wildman–Crippen LogP) is 5.59. The van der Waals surface area contributed by atoms with Crippen LogP contribution in [0.5, 0.6) is 0 Å². The van der Waals surface area contributed by atoms with Gasteiger partial charge >= 0.3 is 0 Å². The zero-order valence-corrected chi connectivity index (χ0v) is 17.3. The number of benzene rings is 3. The predicted molar refractivity (Wildman–Crippen MR) is 119 cm³/mol. The molecule has 1 amide bonds. The van der Waals surface area contributed by atoms with E-state index in [4.69, 9.17) is 4.42 Å². The lowest BCUT2D eigenvalue weighted by molar-refractivity contribution is 0.0931. The Hall–Kier alpha value is -3.73. The van der Waals surface area contributed by atoms with Gasteiger partial charge in [-0.2, -0.15) is 0 Å². The molecule has 1 aromatic heterocycles. The van der Waals surface area contributed by atoms with Gasteiger partial charge in [-0.05, 0) is 67.6 Å². The number of aryl methyl sites for hydroxylation is 1.